The van der Waals surface area contributed by atoms with E-state index in [2.05, 4.69) is 4.98 Å². The first-order chi connectivity index (χ1) is 6.90. The van der Waals surface area contributed by atoms with Gasteiger partial charge < -0.3 is 0 Å². The fraction of sp³-hybridized carbons (Fsp3) is 0.0833. The van der Waals surface area contributed by atoms with Crippen LogP contribution in [0.2, 0.25) is 0 Å². The average molecular weight is 187 g/mol. The van der Waals surface area contributed by atoms with Crippen LogP contribution in [0.3, 0.4) is 0 Å². The van der Waals surface area contributed by atoms with Gasteiger partial charge >= 0.3 is 0 Å². The number of hydrogen-bond donors (Lipinski definition) is 0. The second-order valence-corrected chi connectivity index (χ2v) is 3.04. The van der Waals surface area contributed by atoms with Crippen molar-refractivity contribution in [1.29, 1.82) is 0 Å². The number of alkyl halides is 1. The van der Waals surface area contributed by atoms with Gasteiger partial charge in [-0.25, -0.2) is 4.39 Å². The van der Waals surface area contributed by atoms with E-state index in [1.807, 2.05) is 36.4 Å². The summed E-state index contributed by atoms with van der Waals surface area (Å²) in [6, 6.07) is 13.5. The summed E-state index contributed by atoms with van der Waals surface area (Å²) in [4.78, 5) is 3.91. The van der Waals surface area contributed by atoms with Gasteiger partial charge in [-0.1, -0.05) is 30.3 Å². The van der Waals surface area contributed by atoms with Gasteiger partial charge in [-0.15, -0.1) is 0 Å². The summed E-state index contributed by atoms with van der Waals surface area (Å²) in [5.74, 6) is 0. The zero-order valence-electron chi connectivity index (χ0n) is 7.65. The normalized spacial score (nSPS) is 10.1. The van der Waals surface area contributed by atoms with Gasteiger partial charge in [0.05, 0.1) is 5.69 Å². The van der Waals surface area contributed by atoms with Crippen molar-refractivity contribution in [3.63, 3.8) is 0 Å². The van der Waals surface area contributed by atoms with Crippen molar-refractivity contribution in [3.8, 4) is 11.1 Å². The Labute approximate surface area is 82.2 Å². The molecule has 0 saturated heterocycles. The fourth-order valence-electron chi connectivity index (χ4n) is 1.36. The van der Waals surface area contributed by atoms with Crippen molar-refractivity contribution >= 4 is 0 Å². The zero-order chi connectivity index (χ0) is 9.80. The summed E-state index contributed by atoms with van der Waals surface area (Å²) in [7, 11) is 0. The quantitative estimate of drug-likeness (QED) is 0.703. The summed E-state index contributed by atoms with van der Waals surface area (Å²) in [5, 5.41) is 0. The van der Waals surface area contributed by atoms with Crippen molar-refractivity contribution in [2.24, 2.45) is 0 Å². The Balaban J connectivity index is 2.42. The standard InChI is InChI=1S/C12H10FN/c13-9-12-8-11(6-7-14-12)10-4-2-1-3-5-10/h1-8H,9H2. The highest BCUT2D eigenvalue weighted by Gasteiger charge is 1.98. The van der Waals surface area contributed by atoms with E-state index >= 15 is 0 Å². The summed E-state index contributed by atoms with van der Waals surface area (Å²) in [6.45, 7) is -0.513. The van der Waals surface area contributed by atoms with E-state index in [-0.39, 0.29) is 0 Å². The highest BCUT2D eigenvalue weighted by molar-refractivity contribution is 5.63. The van der Waals surface area contributed by atoms with Crippen LogP contribution < -0.4 is 0 Å². The molecular weight excluding hydrogens is 177 g/mol. The Morgan fingerprint density at radius 1 is 1.00 bits per heavy atom. The maximum absolute atomic E-state index is 12.4. The lowest BCUT2D eigenvalue weighted by Crippen LogP contribution is -1.86. The fourth-order valence-corrected chi connectivity index (χ4v) is 1.36. The van der Waals surface area contributed by atoms with E-state index < -0.39 is 6.67 Å². The van der Waals surface area contributed by atoms with Gasteiger partial charge in [-0.3, -0.25) is 4.98 Å². The van der Waals surface area contributed by atoms with Crippen LogP contribution in [-0.4, -0.2) is 4.98 Å². The minimum atomic E-state index is -0.513. The third-order valence-corrected chi connectivity index (χ3v) is 2.06. The molecule has 2 heteroatoms. The first-order valence-corrected chi connectivity index (χ1v) is 4.46. The van der Waals surface area contributed by atoms with E-state index in [0.717, 1.165) is 11.1 Å². The topological polar surface area (TPSA) is 12.9 Å². The number of aromatic nitrogens is 1. The van der Waals surface area contributed by atoms with Gasteiger partial charge in [0.2, 0.25) is 0 Å². The number of pyridine rings is 1. The van der Waals surface area contributed by atoms with Gasteiger partial charge in [0.1, 0.15) is 6.67 Å². The molecule has 1 heterocycles. The molecule has 0 fully saturated rings. The minimum absolute atomic E-state index is 0.478. The number of hydrogen-bond acceptors (Lipinski definition) is 1. The summed E-state index contributed by atoms with van der Waals surface area (Å²) < 4.78 is 12.4. The number of benzene rings is 1. The molecular formula is C12H10FN. The smallest absolute Gasteiger partial charge is 0.131 e. The monoisotopic (exact) mass is 187 g/mol. The molecule has 0 saturated carbocycles. The molecule has 0 bridgehead atoms. The van der Waals surface area contributed by atoms with Crippen molar-refractivity contribution < 1.29 is 4.39 Å². The maximum Gasteiger partial charge on any atom is 0.131 e. The van der Waals surface area contributed by atoms with Crippen molar-refractivity contribution in [1.82, 2.24) is 4.98 Å². The molecule has 0 spiro atoms. The van der Waals surface area contributed by atoms with Crippen molar-refractivity contribution in [2.75, 3.05) is 0 Å². The highest BCUT2D eigenvalue weighted by atomic mass is 19.1. The average Bonchev–Trinajstić information content (AvgIpc) is 2.30. The van der Waals surface area contributed by atoms with E-state index in [4.69, 9.17) is 0 Å². The van der Waals surface area contributed by atoms with Gasteiger partial charge in [-0.2, -0.15) is 0 Å². The molecule has 0 aliphatic carbocycles. The van der Waals surface area contributed by atoms with E-state index in [1.54, 1.807) is 12.3 Å². The van der Waals surface area contributed by atoms with Crippen LogP contribution in [0, 0.1) is 0 Å². The lowest BCUT2D eigenvalue weighted by Gasteiger charge is -2.01. The first kappa shape index (κ1) is 8.88. The van der Waals surface area contributed by atoms with Crippen LogP contribution in [-0.2, 0) is 6.67 Å². The second kappa shape index (κ2) is 4.01. The summed E-state index contributed by atoms with van der Waals surface area (Å²) in [5.41, 5.74) is 2.57. The lowest BCUT2D eigenvalue weighted by molar-refractivity contribution is 0.476. The molecule has 1 aromatic heterocycles. The molecule has 2 rings (SSSR count). The Morgan fingerprint density at radius 2 is 1.79 bits per heavy atom. The summed E-state index contributed by atoms with van der Waals surface area (Å²) >= 11 is 0. The molecule has 14 heavy (non-hydrogen) atoms. The Morgan fingerprint density at radius 3 is 2.50 bits per heavy atom. The van der Waals surface area contributed by atoms with E-state index in [0.29, 0.717) is 5.69 Å². The van der Waals surface area contributed by atoms with Gasteiger partial charge in [0.25, 0.3) is 0 Å². The predicted octanol–water partition coefficient (Wildman–Crippen LogP) is 3.22. The highest BCUT2D eigenvalue weighted by Crippen LogP contribution is 2.18. The molecule has 0 unspecified atom stereocenters. The second-order valence-electron chi connectivity index (χ2n) is 3.04. The molecule has 0 N–H and O–H groups in total. The Hall–Kier alpha value is -1.70. The van der Waals surface area contributed by atoms with Crippen LogP contribution >= 0.6 is 0 Å². The van der Waals surface area contributed by atoms with Crippen molar-refractivity contribution in [2.45, 2.75) is 6.67 Å². The van der Waals surface area contributed by atoms with Gasteiger partial charge in [0.15, 0.2) is 0 Å². The number of halogens is 1. The Kier molecular flexibility index (Phi) is 2.54. The van der Waals surface area contributed by atoms with E-state index in [1.165, 1.54) is 0 Å². The first-order valence-electron chi connectivity index (χ1n) is 4.46. The molecule has 2 aromatic rings. The van der Waals surface area contributed by atoms with Gasteiger partial charge in [0, 0.05) is 6.20 Å². The largest absolute Gasteiger partial charge is 0.258 e. The van der Waals surface area contributed by atoms with Gasteiger partial charge in [-0.05, 0) is 23.3 Å². The molecule has 0 amide bonds. The van der Waals surface area contributed by atoms with Crippen LogP contribution in [0.4, 0.5) is 4.39 Å². The third-order valence-electron chi connectivity index (χ3n) is 2.06. The molecule has 0 aliphatic rings. The predicted molar refractivity (Wildman–Crippen MR) is 54.5 cm³/mol. The van der Waals surface area contributed by atoms with Crippen LogP contribution in [0.15, 0.2) is 48.7 Å². The van der Waals surface area contributed by atoms with Crippen LogP contribution in [0.25, 0.3) is 11.1 Å². The molecule has 1 aromatic carbocycles. The molecule has 0 aliphatic heterocycles. The van der Waals surface area contributed by atoms with Crippen molar-refractivity contribution in [3.05, 3.63) is 54.4 Å². The van der Waals surface area contributed by atoms with E-state index in [9.17, 15) is 4.39 Å². The maximum atomic E-state index is 12.4. The number of rotatable bonds is 2. The lowest BCUT2D eigenvalue weighted by atomic mass is 10.1. The minimum Gasteiger partial charge on any atom is -0.258 e. The van der Waals surface area contributed by atoms with Crippen LogP contribution in [0.5, 0.6) is 0 Å². The number of nitrogens with zero attached hydrogens (tertiary/aromatic N) is 1. The SMILES string of the molecule is FCc1cc(-c2ccccc2)ccn1. The van der Waals surface area contributed by atoms with Crippen LogP contribution in [0.1, 0.15) is 5.69 Å². The molecule has 1 nitrogen and oxygen atoms in total. The Bertz CT molecular complexity index is 412. The zero-order valence-corrected chi connectivity index (χ0v) is 7.65. The summed E-state index contributed by atoms with van der Waals surface area (Å²) in [6.07, 6.45) is 1.64. The molecule has 0 radical (unpaired) electrons. The third kappa shape index (κ3) is 1.79. The molecule has 0 atom stereocenters. The molecule has 70 valence electrons.